The van der Waals surface area contributed by atoms with Crippen LogP contribution in [-0.4, -0.2) is 111 Å². The van der Waals surface area contributed by atoms with Crippen LogP contribution in [0.1, 0.15) is 103 Å². The number of nitrogens with two attached hydrogens (primary N) is 1. The van der Waals surface area contributed by atoms with E-state index in [1.165, 1.54) is 0 Å². The van der Waals surface area contributed by atoms with Gasteiger partial charge in [0.25, 0.3) is 0 Å². The monoisotopic (exact) mass is 632 g/mol. The molecule has 8 N–H and O–H groups in total. The van der Waals surface area contributed by atoms with Gasteiger partial charge in [0, 0.05) is 64.7 Å². The van der Waals surface area contributed by atoms with Crippen LogP contribution in [0.15, 0.2) is 0 Å². The second-order valence-electron chi connectivity index (χ2n) is 10.5. The largest absolute Gasteiger partial charge is 0.481 e. The van der Waals surface area contributed by atoms with Crippen LogP contribution in [0.5, 0.6) is 0 Å². The highest BCUT2D eigenvalue weighted by molar-refractivity contribution is 5.83. The minimum absolute atomic E-state index is 0.0113. The van der Waals surface area contributed by atoms with E-state index in [-0.39, 0.29) is 76.4 Å². The second kappa shape index (κ2) is 26.1. The highest BCUT2D eigenvalue weighted by Crippen LogP contribution is 2.06. The van der Waals surface area contributed by atoms with Crippen molar-refractivity contribution in [2.24, 2.45) is 5.73 Å². The molecule has 0 bridgehead atoms. The summed E-state index contributed by atoms with van der Waals surface area (Å²) in [6.45, 7) is 1.51. The van der Waals surface area contributed by atoms with Crippen LogP contribution in [0.4, 0.5) is 0 Å². The molecular formula is C28H52N6O10. The van der Waals surface area contributed by atoms with Gasteiger partial charge < -0.3 is 21.5 Å². The number of carbonyl (C=O) groups is 6. The lowest BCUT2D eigenvalue weighted by Crippen LogP contribution is -2.33. The van der Waals surface area contributed by atoms with E-state index in [9.17, 15) is 44.4 Å². The van der Waals surface area contributed by atoms with Crippen LogP contribution in [0.3, 0.4) is 0 Å². The van der Waals surface area contributed by atoms with Crippen molar-refractivity contribution >= 4 is 35.5 Å². The zero-order valence-electron chi connectivity index (χ0n) is 25.7. The van der Waals surface area contributed by atoms with Crippen LogP contribution in [0.2, 0.25) is 0 Å². The second-order valence-corrected chi connectivity index (χ2v) is 10.5. The molecule has 0 saturated carbocycles. The van der Waals surface area contributed by atoms with Crippen LogP contribution >= 0.6 is 0 Å². The van der Waals surface area contributed by atoms with Gasteiger partial charge >= 0.3 is 5.97 Å². The van der Waals surface area contributed by atoms with Crippen molar-refractivity contribution in [3.05, 3.63) is 0 Å². The molecule has 0 atom stereocenters. The Morgan fingerprint density at radius 1 is 0.477 bits per heavy atom. The van der Waals surface area contributed by atoms with Crippen LogP contribution in [0, 0.1) is 0 Å². The zero-order chi connectivity index (χ0) is 33.2. The number of rotatable bonds is 27. The molecule has 0 unspecified atom stereocenters. The maximum Gasteiger partial charge on any atom is 0.303 e. The summed E-state index contributed by atoms with van der Waals surface area (Å²) >= 11 is 0. The van der Waals surface area contributed by atoms with Gasteiger partial charge in [0.05, 0.1) is 6.54 Å². The zero-order valence-corrected chi connectivity index (χ0v) is 25.7. The van der Waals surface area contributed by atoms with E-state index in [4.69, 9.17) is 10.8 Å². The Bertz CT molecular complexity index is 876. The van der Waals surface area contributed by atoms with Gasteiger partial charge in [0.2, 0.25) is 29.5 Å². The number of amides is 5. The number of hydroxylamine groups is 6. The molecule has 0 heterocycles. The molecule has 0 aromatic heterocycles. The first-order chi connectivity index (χ1) is 21.0. The molecule has 5 amide bonds. The molecular weight excluding hydrogens is 580 g/mol. The third-order valence-electron chi connectivity index (χ3n) is 6.59. The van der Waals surface area contributed by atoms with Crippen LogP contribution in [0.25, 0.3) is 0 Å². The number of carbonyl (C=O) groups excluding carboxylic acids is 5. The number of nitrogens with one attached hydrogen (secondary N) is 2. The third-order valence-corrected chi connectivity index (χ3v) is 6.59. The molecule has 0 aliphatic heterocycles. The summed E-state index contributed by atoms with van der Waals surface area (Å²) in [6, 6.07) is 0. The third kappa shape index (κ3) is 23.2. The van der Waals surface area contributed by atoms with E-state index in [2.05, 4.69) is 10.6 Å². The van der Waals surface area contributed by atoms with Gasteiger partial charge in [0.15, 0.2) is 0 Å². The molecule has 44 heavy (non-hydrogen) atoms. The summed E-state index contributed by atoms with van der Waals surface area (Å²) in [5.41, 5.74) is 5.40. The van der Waals surface area contributed by atoms with Crippen molar-refractivity contribution in [2.75, 3.05) is 39.3 Å². The fourth-order valence-electron chi connectivity index (χ4n) is 3.94. The van der Waals surface area contributed by atoms with Crippen molar-refractivity contribution < 1.29 is 49.5 Å². The fourth-order valence-corrected chi connectivity index (χ4v) is 3.94. The maximum absolute atomic E-state index is 12.0. The molecule has 0 radical (unpaired) electrons. The quantitative estimate of drug-likeness (QED) is 0.0385. The summed E-state index contributed by atoms with van der Waals surface area (Å²) in [4.78, 5) is 69.8. The normalized spacial score (nSPS) is 10.6. The number of carboxylic acid groups (broad SMARTS) is 1. The van der Waals surface area contributed by atoms with E-state index >= 15 is 0 Å². The molecule has 0 aromatic carbocycles. The number of hydrogen-bond donors (Lipinski definition) is 7. The Hall–Kier alpha value is -3.34. The first-order valence-corrected chi connectivity index (χ1v) is 15.4. The standard InChI is InChI=1S/C28H52N6O10/c29-17-5-2-9-21-33(43)27(39)15-14-23(35)30-18-6-3-7-19-31-24(36)16-22-34(44)25(37)11-4-1-8-20-32(42)26(38)12-10-13-28(40)41/h42-44H,1-22,29H2,(H,30,35)(H,31,36)(H,40,41). The molecule has 0 aliphatic carbocycles. The molecule has 0 rings (SSSR count). The van der Waals surface area contributed by atoms with Gasteiger partial charge in [-0.1, -0.05) is 12.8 Å². The molecule has 0 saturated heterocycles. The number of hydrogen-bond acceptors (Lipinski definition) is 10. The van der Waals surface area contributed by atoms with Gasteiger partial charge in [-0.05, 0) is 57.9 Å². The van der Waals surface area contributed by atoms with Gasteiger partial charge in [0.1, 0.15) is 0 Å². The average molecular weight is 633 g/mol. The van der Waals surface area contributed by atoms with E-state index in [1.54, 1.807) is 0 Å². The van der Waals surface area contributed by atoms with E-state index in [0.717, 1.165) is 19.3 Å². The first-order valence-electron chi connectivity index (χ1n) is 15.4. The van der Waals surface area contributed by atoms with E-state index < -0.39 is 23.7 Å². The summed E-state index contributed by atoms with van der Waals surface area (Å²) in [6.07, 6.45) is 5.54. The molecule has 0 fully saturated rings. The van der Waals surface area contributed by atoms with Crippen LogP contribution in [-0.2, 0) is 28.8 Å². The summed E-state index contributed by atoms with van der Waals surface area (Å²) in [5.74, 6) is -3.20. The topological polar surface area (TPSA) is 243 Å². The predicted molar refractivity (Wildman–Crippen MR) is 157 cm³/mol. The maximum atomic E-state index is 12.0. The molecule has 254 valence electrons. The van der Waals surface area contributed by atoms with Crippen molar-refractivity contribution in [1.82, 2.24) is 25.8 Å². The fraction of sp³-hybridized carbons (Fsp3) is 0.786. The van der Waals surface area contributed by atoms with E-state index in [0.29, 0.717) is 73.3 Å². The van der Waals surface area contributed by atoms with E-state index in [1.807, 2.05) is 0 Å². The number of unbranched alkanes of at least 4 members (excludes halogenated alkanes) is 6. The first kappa shape index (κ1) is 40.7. The molecule has 16 nitrogen and oxygen atoms in total. The minimum atomic E-state index is -1.01. The van der Waals surface area contributed by atoms with Gasteiger partial charge in [-0.2, -0.15) is 0 Å². The number of nitrogens with zero attached hydrogens (tertiary/aromatic N) is 3. The summed E-state index contributed by atoms with van der Waals surface area (Å²) in [5, 5.41) is 44.9. The minimum Gasteiger partial charge on any atom is -0.481 e. The molecule has 16 heteroatoms. The lowest BCUT2D eigenvalue weighted by atomic mass is 10.1. The smallest absolute Gasteiger partial charge is 0.303 e. The number of aliphatic carboxylic acids is 1. The number of carboxylic acids is 1. The highest BCUT2D eigenvalue weighted by atomic mass is 16.5. The summed E-state index contributed by atoms with van der Waals surface area (Å²) in [7, 11) is 0. The van der Waals surface area contributed by atoms with Crippen LogP contribution < -0.4 is 16.4 Å². The Kier molecular flexibility index (Phi) is 24.1. The van der Waals surface area contributed by atoms with Gasteiger partial charge in [-0.15, -0.1) is 0 Å². The van der Waals surface area contributed by atoms with Crippen molar-refractivity contribution in [3.8, 4) is 0 Å². The Labute approximate surface area is 258 Å². The van der Waals surface area contributed by atoms with Crippen molar-refractivity contribution in [1.29, 1.82) is 0 Å². The molecule has 0 aliphatic rings. The lowest BCUT2D eigenvalue weighted by Gasteiger charge is -2.16. The van der Waals surface area contributed by atoms with Crippen molar-refractivity contribution in [2.45, 2.75) is 103 Å². The SMILES string of the molecule is NCCCCCN(O)C(=O)CCC(=O)NCCCCCNC(=O)CCN(O)C(=O)CCCCCN(O)C(=O)CCCC(=O)O. The molecule has 0 spiro atoms. The average Bonchev–Trinajstić information content (AvgIpc) is 2.99. The van der Waals surface area contributed by atoms with Crippen molar-refractivity contribution in [3.63, 3.8) is 0 Å². The highest BCUT2D eigenvalue weighted by Gasteiger charge is 2.15. The lowest BCUT2D eigenvalue weighted by molar-refractivity contribution is -0.167. The van der Waals surface area contributed by atoms with Gasteiger partial charge in [-0.3, -0.25) is 44.4 Å². The molecule has 0 aromatic rings. The Morgan fingerprint density at radius 3 is 1.48 bits per heavy atom. The Balaban J connectivity index is 3.77. The Morgan fingerprint density at radius 2 is 0.932 bits per heavy atom. The summed E-state index contributed by atoms with van der Waals surface area (Å²) < 4.78 is 0. The van der Waals surface area contributed by atoms with Gasteiger partial charge in [-0.25, -0.2) is 15.2 Å². The predicted octanol–water partition coefficient (Wildman–Crippen LogP) is 1.16.